The number of benzene rings is 2. The predicted octanol–water partition coefficient (Wildman–Crippen LogP) is 6.00. The number of ether oxygens (including phenoxy) is 4. The highest BCUT2D eigenvalue weighted by Gasteiger charge is 2.33. The summed E-state index contributed by atoms with van der Waals surface area (Å²) < 4.78 is 23.2. The van der Waals surface area contributed by atoms with Crippen molar-refractivity contribution < 1.29 is 28.5 Å². The van der Waals surface area contributed by atoms with Crippen molar-refractivity contribution in [1.82, 2.24) is 9.80 Å². The Labute approximate surface area is 251 Å². The lowest BCUT2D eigenvalue weighted by molar-refractivity contribution is 0.0809. The smallest absolute Gasteiger partial charge is 0.260 e. The normalized spacial score (nSPS) is 20.0. The maximum Gasteiger partial charge on any atom is 0.260 e. The Hall–Kier alpha value is -4.60. The summed E-state index contributed by atoms with van der Waals surface area (Å²) in [6, 6.07) is 6.88. The Balaban J connectivity index is 1.02. The minimum absolute atomic E-state index is 0.0575. The van der Waals surface area contributed by atoms with Crippen LogP contribution in [0.25, 0.3) is 0 Å². The third-order valence-electron chi connectivity index (χ3n) is 8.06. The van der Waals surface area contributed by atoms with Crippen LogP contribution in [0.15, 0.2) is 57.8 Å². The van der Waals surface area contributed by atoms with E-state index in [9.17, 15) is 9.59 Å². The molecule has 43 heavy (non-hydrogen) atoms. The maximum atomic E-state index is 13.2. The summed E-state index contributed by atoms with van der Waals surface area (Å²) in [5.74, 6) is 1.96. The molecule has 10 nitrogen and oxygen atoms in total. The highest BCUT2D eigenvalue weighted by molar-refractivity contribution is 6.05. The molecule has 4 aliphatic rings. The van der Waals surface area contributed by atoms with Crippen molar-refractivity contribution in [2.75, 3.05) is 27.4 Å². The van der Waals surface area contributed by atoms with Gasteiger partial charge < -0.3 is 28.7 Å². The lowest BCUT2D eigenvalue weighted by Crippen LogP contribution is -2.32. The molecule has 2 unspecified atom stereocenters. The number of rotatable bonds is 10. The molecule has 10 heteroatoms. The number of carbonyl (C=O) groups is 2. The number of amides is 2. The summed E-state index contributed by atoms with van der Waals surface area (Å²) >= 11 is 0. The van der Waals surface area contributed by atoms with Crippen LogP contribution in [-0.4, -0.2) is 73.6 Å². The van der Waals surface area contributed by atoms with Gasteiger partial charge in [0.25, 0.3) is 11.8 Å². The van der Waals surface area contributed by atoms with Gasteiger partial charge in [0.1, 0.15) is 0 Å². The SMILES string of the molecule is COc1cc2c(cc1OCCCCCOc1cc3c(cc1OC)C(=O)N1C=C(C)CC1C=N3)N=CC1CC(C)=CN1C2=O. The number of carbonyl (C=O) groups excluding carboxylic acids is 2. The third-order valence-corrected chi connectivity index (χ3v) is 8.06. The molecule has 2 aromatic rings. The molecule has 2 atom stereocenters. The van der Waals surface area contributed by atoms with Crippen molar-refractivity contribution in [3.63, 3.8) is 0 Å². The summed E-state index contributed by atoms with van der Waals surface area (Å²) in [5, 5.41) is 0. The Bertz CT molecular complexity index is 1460. The molecule has 2 amide bonds. The number of fused-ring (bicyclic) bond motifs is 4. The molecule has 4 aliphatic heterocycles. The minimum Gasteiger partial charge on any atom is -0.493 e. The Morgan fingerprint density at radius 1 is 0.674 bits per heavy atom. The second kappa shape index (κ2) is 11.9. The highest BCUT2D eigenvalue weighted by Crippen LogP contribution is 2.40. The summed E-state index contributed by atoms with van der Waals surface area (Å²) in [7, 11) is 3.14. The van der Waals surface area contributed by atoms with Crippen molar-refractivity contribution in [3.8, 4) is 23.0 Å². The first-order valence-electron chi connectivity index (χ1n) is 14.6. The first-order valence-corrected chi connectivity index (χ1v) is 14.6. The fourth-order valence-electron chi connectivity index (χ4n) is 5.85. The van der Waals surface area contributed by atoms with Crippen molar-refractivity contribution >= 4 is 35.6 Å². The van der Waals surface area contributed by atoms with E-state index in [1.807, 2.05) is 38.7 Å². The highest BCUT2D eigenvalue weighted by atomic mass is 16.5. The van der Waals surface area contributed by atoms with Crippen LogP contribution < -0.4 is 18.9 Å². The van der Waals surface area contributed by atoms with E-state index in [1.54, 1.807) is 48.3 Å². The van der Waals surface area contributed by atoms with Gasteiger partial charge in [-0.15, -0.1) is 0 Å². The largest absolute Gasteiger partial charge is 0.493 e. The molecule has 0 spiro atoms. The van der Waals surface area contributed by atoms with Gasteiger partial charge in [-0.2, -0.15) is 0 Å². The van der Waals surface area contributed by atoms with Gasteiger partial charge in [-0.1, -0.05) is 11.1 Å². The topological polar surface area (TPSA) is 102 Å². The Morgan fingerprint density at radius 3 is 1.53 bits per heavy atom. The summed E-state index contributed by atoms with van der Waals surface area (Å²) in [6.45, 7) is 5.00. The standard InChI is InChI=1S/C33H36N4O6/c1-20-10-22-16-34-26-14-30(28(40-3)12-24(26)32(38)36(22)18-20)42-8-6-5-7-9-43-31-15-27-25(13-29(31)41-4)33(39)37-19-21(2)11-23(37)17-35-27/h12-19,22-23H,5-11H2,1-4H3. The molecule has 6 rings (SSSR count). The lowest BCUT2D eigenvalue weighted by Gasteiger charge is -2.19. The van der Waals surface area contributed by atoms with Crippen molar-refractivity contribution in [2.24, 2.45) is 9.98 Å². The van der Waals surface area contributed by atoms with Gasteiger partial charge in [0.2, 0.25) is 0 Å². The molecule has 0 bridgehead atoms. The van der Waals surface area contributed by atoms with Crippen LogP contribution in [0.1, 0.15) is 66.7 Å². The summed E-state index contributed by atoms with van der Waals surface area (Å²) in [4.78, 5) is 39.0. The second-order valence-corrected chi connectivity index (χ2v) is 11.3. The molecular formula is C33H36N4O6. The third kappa shape index (κ3) is 5.61. The average molecular weight is 585 g/mol. The Morgan fingerprint density at radius 2 is 1.12 bits per heavy atom. The fourth-order valence-corrected chi connectivity index (χ4v) is 5.85. The van der Waals surface area contributed by atoms with Gasteiger partial charge in [-0.05, 0) is 58.1 Å². The summed E-state index contributed by atoms with van der Waals surface area (Å²) in [6.07, 6.45) is 11.5. The van der Waals surface area contributed by atoms with Crippen molar-refractivity contribution in [2.45, 2.75) is 58.0 Å². The van der Waals surface area contributed by atoms with Crippen LogP contribution in [0.5, 0.6) is 23.0 Å². The van der Waals surface area contributed by atoms with Crippen LogP contribution in [0.3, 0.4) is 0 Å². The molecule has 224 valence electrons. The van der Waals surface area contributed by atoms with Crippen LogP contribution in [0.2, 0.25) is 0 Å². The van der Waals surface area contributed by atoms with E-state index in [0.717, 1.165) is 43.3 Å². The van der Waals surface area contributed by atoms with Gasteiger partial charge >= 0.3 is 0 Å². The number of unbranched alkanes of at least 4 members (excludes halogenated alkanes) is 2. The van der Waals surface area contributed by atoms with Crippen LogP contribution >= 0.6 is 0 Å². The zero-order chi connectivity index (χ0) is 30.1. The fraction of sp³-hybridized carbons (Fsp3) is 0.394. The van der Waals surface area contributed by atoms with Gasteiger partial charge in [0.15, 0.2) is 23.0 Å². The van der Waals surface area contributed by atoms with Crippen LogP contribution in [0.4, 0.5) is 11.4 Å². The molecule has 4 heterocycles. The first kappa shape index (κ1) is 28.5. The van der Waals surface area contributed by atoms with Crippen molar-refractivity contribution in [3.05, 3.63) is 58.9 Å². The van der Waals surface area contributed by atoms with E-state index in [4.69, 9.17) is 18.9 Å². The van der Waals surface area contributed by atoms with Crippen LogP contribution in [-0.2, 0) is 0 Å². The van der Waals surface area contributed by atoms with E-state index >= 15 is 0 Å². The molecule has 0 aromatic heterocycles. The number of nitrogens with zero attached hydrogens (tertiary/aromatic N) is 4. The molecular weight excluding hydrogens is 548 g/mol. The first-order chi connectivity index (χ1) is 20.9. The number of hydrogen-bond acceptors (Lipinski definition) is 8. The quantitative estimate of drug-likeness (QED) is 0.318. The molecule has 0 saturated carbocycles. The zero-order valence-corrected chi connectivity index (χ0v) is 25.0. The van der Waals surface area contributed by atoms with Gasteiger partial charge in [0.05, 0.1) is 62.0 Å². The Kier molecular flexibility index (Phi) is 7.92. The average Bonchev–Trinajstić information content (AvgIpc) is 3.51. The zero-order valence-electron chi connectivity index (χ0n) is 25.0. The summed E-state index contributed by atoms with van der Waals surface area (Å²) in [5.41, 5.74) is 4.48. The van der Waals surface area contributed by atoms with Crippen LogP contribution in [0, 0.1) is 0 Å². The molecule has 0 radical (unpaired) electrons. The maximum absolute atomic E-state index is 13.2. The van der Waals surface area contributed by atoms with Gasteiger partial charge in [-0.25, -0.2) is 0 Å². The number of methoxy groups -OCH3 is 2. The molecule has 0 N–H and O–H groups in total. The van der Waals surface area contributed by atoms with E-state index in [0.29, 0.717) is 58.7 Å². The van der Waals surface area contributed by atoms with E-state index in [-0.39, 0.29) is 23.9 Å². The predicted molar refractivity (Wildman–Crippen MR) is 164 cm³/mol. The molecule has 0 fully saturated rings. The van der Waals surface area contributed by atoms with E-state index in [2.05, 4.69) is 9.98 Å². The van der Waals surface area contributed by atoms with Crippen molar-refractivity contribution in [1.29, 1.82) is 0 Å². The second-order valence-electron chi connectivity index (χ2n) is 11.3. The van der Waals surface area contributed by atoms with Gasteiger partial charge in [-0.3, -0.25) is 19.6 Å². The molecule has 0 saturated heterocycles. The van der Waals surface area contributed by atoms with Gasteiger partial charge in [0, 0.05) is 37.0 Å². The monoisotopic (exact) mass is 584 g/mol. The van der Waals surface area contributed by atoms with E-state index in [1.165, 1.54) is 0 Å². The van der Waals surface area contributed by atoms with E-state index < -0.39 is 0 Å². The molecule has 2 aromatic carbocycles. The lowest BCUT2D eigenvalue weighted by atomic mass is 10.1. The molecule has 0 aliphatic carbocycles. The number of aliphatic imine (C=N–C) groups is 2. The minimum atomic E-state index is -0.0868. The number of hydrogen-bond donors (Lipinski definition) is 0.